The second-order valence-corrected chi connectivity index (χ2v) is 10.8. The highest BCUT2D eigenvalue weighted by Gasteiger charge is 2.51. The lowest BCUT2D eigenvalue weighted by Gasteiger charge is -2.41. The first-order chi connectivity index (χ1) is 16.2. The van der Waals surface area contributed by atoms with Crippen molar-refractivity contribution in [3.63, 3.8) is 0 Å². The Balaban J connectivity index is 1.39. The molecular formula is C27H33F3N2O3. The molecule has 2 aromatic rings. The zero-order valence-corrected chi connectivity index (χ0v) is 20.6. The van der Waals surface area contributed by atoms with E-state index in [-0.39, 0.29) is 11.7 Å². The van der Waals surface area contributed by atoms with Crippen LogP contribution in [0.2, 0.25) is 0 Å². The normalized spacial score (nSPS) is 22.7. The van der Waals surface area contributed by atoms with Crippen LogP contribution in [0.3, 0.4) is 0 Å². The number of piperazine rings is 1. The summed E-state index contributed by atoms with van der Waals surface area (Å²) in [6, 6.07) is 14.4. The topological polar surface area (TPSA) is 53.0 Å². The molecule has 1 N–H and O–H groups in total. The van der Waals surface area contributed by atoms with E-state index in [1.165, 1.54) is 12.1 Å². The lowest BCUT2D eigenvalue weighted by molar-refractivity contribution is -0.258. The number of rotatable bonds is 4. The molecule has 2 bridgehead atoms. The van der Waals surface area contributed by atoms with Gasteiger partial charge >= 0.3 is 12.3 Å². The van der Waals surface area contributed by atoms with Gasteiger partial charge in [0, 0.05) is 31.7 Å². The molecule has 0 aliphatic carbocycles. The Labute approximate surface area is 204 Å². The minimum atomic E-state index is -4.74. The number of hydrogen-bond donors (Lipinski definition) is 1. The maximum absolute atomic E-state index is 13.1. The van der Waals surface area contributed by atoms with Gasteiger partial charge in [-0.25, -0.2) is 4.79 Å². The molecule has 2 aliphatic heterocycles. The lowest BCUT2D eigenvalue weighted by Crippen LogP contribution is -2.55. The quantitative estimate of drug-likeness (QED) is 0.597. The molecule has 2 aromatic carbocycles. The molecule has 0 aromatic heterocycles. The van der Waals surface area contributed by atoms with Crippen LogP contribution in [0.25, 0.3) is 11.1 Å². The molecule has 5 nitrogen and oxygen atoms in total. The average Bonchev–Trinajstić information content (AvgIpc) is 2.99. The van der Waals surface area contributed by atoms with Crippen molar-refractivity contribution in [3.05, 3.63) is 59.7 Å². The van der Waals surface area contributed by atoms with E-state index >= 15 is 0 Å². The SMILES string of the molecule is CC(C)(C)OC(=O)N1CC2CCC(C1)N2Cc1ccc(-c2ccc(C(C)(O)C(F)(F)F)cc2)cc1. The Hall–Kier alpha value is -2.58. The van der Waals surface area contributed by atoms with Crippen LogP contribution in [0.1, 0.15) is 51.7 Å². The van der Waals surface area contributed by atoms with Crippen LogP contribution in [0, 0.1) is 0 Å². The zero-order chi connectivity index (χ0) is 25.6. The summed E-state index contributed by atoms with van der Waals surface area (Å²) in [5.74, 6) is 0. The Kier molecular flexibility index (Phi) is 6.66. The van der Waals surface area contributed by atoms with Crippen molar-refractivity contribution >= 4 is 6.09 Å². The van der Waals surface area contributed by atoms with Crippen molar-refractivity contribution in [1.82, 2.24) is 9.80 Å². The minimum Gasteiger partial charge on any atom is -0.444 e. The van der Waals surface area contributed by atoms with Crippen molar-refractivity contribution in [2.75, 3.05) is 13.1 Å². The van der Waals surface area contributed by atoms with E-state index in [0.717, 1.165) is 43.0 Å². The predicted octanol–water partition coefficient (Wildman–Crippen LogP) is 5.71. The predicted molar refractivity (Wildman–Crippen MR) is 128 cm³/mol. The number of nitrogens with zero attached hydrogens (tertiary/aromatic N) is 2. The van der Waals surface area contributed by atoms with Crippen molar-refractivity contribution in [2.45, 2.75) is 76.5 Å². The van der Waals surface area contributed by atoms with Crippen LogP contribution < -0.4 is 0 Å². The Morgan fingerprint density at radius 1 is 0.914 bits per heavy atom. The average molecular weight is 491 g/mol. The van der Waals surface area contributed by atoms with Gasteiger partial charge in [-0.15, -0.1) is 0 Å². The summed E-state index contributed by atoms with van der Waals surface area (Å²) in [6.07, 6.45) is -2.89. The molecule has 2 saturated heterocycles. The smallest absolute Gasteiger partial charge is 0.421 e. The van der Waals surface area contributed by atoms with Gasteiger partial charge in [0.2, 0.25) is 0 Å². The van der Waals surface area contributed by atoms with Gasteiger partial charge < -0.3 is 14.7 Å². The molecule has 2 fully saturated rings. The number of carbonyl (C=O) groups is 1. The molecule has 3 unspecified atom stereocenters. The fourth-order valence-corrected chi connectivity index (χ4v) is 4.89. The first kappa shape index (κ1) is 25.5. The summed E-state index contributed by atoms with van der Waals surface area (Å²) in [6.45, 7) is 8.50. The van der Waals surface area contributed by atoms with Crippen molar-refractivity contribution in [2.24, 2.45) is 0 Å². The second-order valence-electron chi connectivity index (χ2n) is 10.8. The van der Waals surface area contributed by atoms with E-state index in [0.29, 0.717) is 25.2 Å². The maximum Gasteiger partial charge on any atom is 0.421 e. The molecule has 2 aliphatic rings. The van der Waals surface area contributed by atoms with Crippen molar-refractivity contribution in [3.8, 4) is 11.1 Å². The summed E-state index contributed by atoms with van der Waals surface area (Å²) in [7, 11) is 0. The van der Waals surface area contributed by atoms with Gasteiger partial charge in [-0.2, -0.15) is 13.2 Å². The molecule has 190 valence electrons. The highest BCUT2D eigenvalue weighted by molar-refractivity contribution is 5.68. The number of aliphatic hydroxyl groups is 1. The van der Waals surface area contributed by atoms with Gasteiger partial charge in [0.1, 0.15) is 5.60 Å². The molecule has 2 heterocycles. The minimum absolute atomic E-state index is 0.189. The Bertz CT molecular complexity index is 1030. The number of carbonyl (C=O) groups excluding carboxylic acids is 1. The highest BCUT2D eigenvalue weighted by Crippen LogP contribution is 2.39. The molecule has 0 saturated carbocycles. The number of alkyl halides is 3. The fourth-order valence-electron chi connectivity index (χ4n) is 4.89. The molecule has 4 rings (SSSR count). The number of benzene rings is 2. The summed E-state index contributed by atoms with van der Waals surface area (Å²) in [5, 5.41) is 9.86. The van der Waals surface area contributed by atoms with Crippen molar-refractivity contribution < 1.29 is 27.8 Å². The summed E-state index contributed by atoms with van der Waals surface area (Å²) < 4.78 is 44.8. The van der Waals surface area contributed by atoms with E-state index in [1.807, 2.05) is 49.9 Å². The number of likely N-dealkylation sites (tertiary alicyclic amines) is 1. The number of fused-ring (bicyclic) bond motifs is 2. The molecule has 1 amide bonds. The third-order valence-corrected chi connectivity index (χ3v) is 6.94. The third kappa shape index (κ3) is 5.48. The van der Waals surface area contributed by atoms with Crippen LogP contribution in [-0.2, 0) is 16.9 Å². The summed E-state index contributed by atoms with van der Waals surface area (Å²) >= 11 is 0. The van der Waals surface area contributed by atoms with E-state index < -0.39 is 17.4 Å². The second kappa shape index (κ2) is 9.13. The largest absolute Gasteiger partial charge is 0.444 e. The number of hydrogen-bond acceptors (Lipinski definition) is 4. The zero-order valence-electron chi connectivity index (χ0n) is 20.6. The van der Waals surface area contributed by atoms with Crippen LogP contribution in [0.15, 0.2) is 48.5 Å². The Morgan fingerprint density at radius 3 is 1.86 bits per heavy atom. The van der Waals surface area contributed by atoms with Gasteiger partial charge in [-0.3, -0.25) is 4.90 Å². The maximum atomic E-state index is 13.1. The molecule has 8 heteroatoms. The van der Waals surface area contributed by atoms with Crippen LogP contribution in [0.5, 0.6) is 0 Å². The number of ether oxygens (including phenoxy) is 1. The number of amides is 1. The number of halogens is 3. The molecule has 3 atom stereocenters. The first-order valence-corrected chi connectivity index (χ1v) is 12.0. The highest BCUT2D eigenvalue weighted by atomic mass is 19.4. The molecule has 0 spiro atoms. The van der Waals surface area contributed by atoms with Crippen LogP contribution in [0.4, 0.5) is 18.0 Å². The third-order valence-electron chi connectivity index (χ3n) is 6.94. The lowest BCUT2D eigenvalue weighted by atomic mass is 9.93. The molecule has 0 radical (unpaired) electrons. The van der Waals surface area contributed by atoms with Gasteiger partial charge in [0.05, 0.1) is 0 Å². The van der Waals surface area contributed by atoms with E-state index in [2.05, 4.69) is 4.90 Å². The van der Waals surface area contributed by atoms with Crippen molar-refractivity contribution in [1.29, 1.82) is 0 Å². The Morgan fingerprint density at radius 2 is 1.40 bits per heavy atom. The van der Waals surface area contributed by atoms with E-state index in [1.54, 1.807) is 12.1 Å². The van der Waals surface area contributed by atoms with Gasteiger partial charge in [-0.05, 0) is 62.8 Å². The summed E-state index contributed by atoms with van der Waals surface area (Å²) in [4.78, 5) is 16.8. The van der Waals surface area contributed by atoms with E-state index in [4.69, 9.17) is 4.74 Å². The van der Waals surface area contributed by atoms with Gasteiger partial charge in [0.25, 0.3) is 0 Å². The van der Waals surface area contributed by atoms with Crippen LogP contribution >= 0.6 is 0 Å². The van der Waals surface area contributed by atoms with Gasteiger partial charge in [0.15, 0.2) is 5.60 Å². The summed E-state index contributed by atoms with van der Waals surface area (Å²) in [5.41, 5.74) is -0.762. The van der Waals surface area contributed by atoms with E-state index in [9.17, 15) is 23.1 Å². The monoisotopic (exact) mass is 490 g/mol. The van der Waals surface area contributed by atoms with Gasteiger partial charge in [-0.1, -0.05) is 48.5 Å². The van der Waals surface area contributed by atoms with Crippen LogP contribution in [-0.4, -0.2) is 58.0 Å². The standard InChI is InChI=1S/C27H33F3N2O3/c1-25(2,3)35-24(33)31-16-22-13-14-23(17-31)32(22)15-18-5-7-19(8-6-18)20-9-11-21(12-10-20)26(4,34)27(28,29)30/h5-12,22-23,34H,13-17H2,1-4H3. The molecule has 35 heavy (non-hydrogen) atoms. The molecular weight excluding hydrogens is 457 g/mol. The fraction of sp³-hybridized carbons (Fsp3) is 0.519. The first-order valence-electron chi connectivity index (χ1n) is 12.0.